The minimum Gasteiger partial charge on any atom is -0.316 e. The van der Waals surface area contributed by atoms with Gasteiger partial charge in [-0.05, 0) is 49.0 Å². The van der Waals surface area contributed by atoms with Crippen molar-refractivity contribution in [3.63, 3.8) is 0 Å². The molecule has 118 valence electrons. The van der Waals surface area contributed by atoms with Crippen molar-refractivity contribution >= 4 is 0 Å². The van der Waals surface area contributed by atoms with Crippen molar-refractivity contribution in [2.45, 2.75) is 52.5 Å². The van der Waals surface area contributed by atoms with Gasteiger partial charge in [-0.15, -0.1) is 0 Å². The fraction of sp³-hybridized carbons (Fsp3) is 0.722. The first-order valence-electron chi connectivity index (χ1n) is 8.60. The summed E-state index contributed by atoms with van der Waals surface area (Å²) in [5, 5.41) is 3.62. The van der Waals surface area contributed by atoms with Crippen LogP contribution < -0.4 is 5.32 Å². The second-order valence-corrected chi connectivity index (χ2v) is 6.50. The van der Waals surface area contributed by atoms with Gasteiger partial charge in [0.15, 0.2) is 0 Å². The summed E-state index contributed by atoms with van der Waals surface area (Å²) in [6.45, 7) is 10.1. The van der Waals surface area contributed by atoms with Crippen LogP contribution in [0.25, 0.3) is 0 Å². The summed E-state index contributed by atoms with van der Waals surface area (Å²) < 4.78 is 0. The van der Waals surface area contributed by atoms with Crippen LogP contribution in [0.1, 0.15) is 51.5 Å². The van der Waals surface area contributed by atoms with Crippen molar-refractivity contribution in [1.29, 1.82) is 0 Å². The van der Waals surface area contributed by atoms with E-state index >= 15 is 0 Å². The van der Waals surface area contributed by atoms with E-state index in [1.807, 2.05) is 12.4 Å². The third kappa shape index (κ3) is 5.08. The molecule has 1 fully saturated rings. The van der Waals surface area contributed by atoms with E-state index in [1.54, 1.807) is 0 Å². The lowest BCUT2D eigenvalue weighted by Crippen LogP contribution is -2.45. The van der Waals surface area contributed by atoms with E-state index in [9.17, 15) is 0 Å². The highest BCUT2D eigenvalue weighted by atomic mass is 15.1. The highest BCUT2D eigenvalue weighted by Gasteiger charge is 2.33. The van der Waals surface area contributed by atoms with Gasteiger partial charge in [0.1, 0.15) is 0 Å². The first-order valence-corrected chi connectivity index (χ1v) is 8.60. The Balaban J connectivity index is 1.99. The van der Waals surface area contributed by atoms with Crippen molar-refractivity contribution < 1.29 is 0 Å². The van der Waals surface area contributed by atoms with Crippen molar-refractivity contribution in [3.8, 4) is 0 Å². The largest absolute Gasteiger partial charge is 0.316 e. The maximum Gasteiger partial charge on any atom is 0.0271 e. The molecule has 3 nitrogen and oxygen atoms in total. The maximum absolute atomic E-state index is 4.12. The molecule has 0 unspecified atom stereocenters. The van der Waals surface area contributed by atoms with E-state index in [2.05, 4.69) is 41.2 Å². The monoisotopic (exact) mass is 289 g/mol. The smallest absolute Gasteiger partial charge is 0.0271 e. The Bertz CT molecular complexity index is 385. The van der Waals surface area contributed by atoms with Crippen LogP contribution in [0.3, 0.4) is 0 Å². The molecule has 0 spiro atoms. The number of pyridine rings is 1. The standard InChI is InChI=1S/C18H31N3/c1-3-19-15-18(10-6-5-7-11-18)16-21(4-2)14-17-8-12-20-13-9-17/h8-9,12-13,19H,3-7,10-11,14-16H2,1-2H3. The molecule has 1 aromatic heterocycles. The molecule has 0 bridgehead atoms. The molecule has 3 heteroatoms. The van der Waals surface area contributed by atoms with Crippen LogP contribution in [0, 0.1) is 5.41 Å². The Kier molecular flexibility index (Phi) is 6.65. The minimum absolute atomic E-state index is 0.483. The van der Waals surface area contributed by atoms with Crippen molar-refractivity contribution in [3.05, 3.63) is 30.1 Å². The molecule has 1 heterocycles. The van der Waals surface area contributed by atoms with Crippen molar-refractivity contribution in [1.82, 2.24) is 15.2 Å². The van der Waals surface area contributed by atoms with Crippen LogP contribution in [0.5, 0.6) is 0 Å². The van der Waals surface area contributed by atoms with E-state index in [1.165, 1.54) is 50.8 Å². The molecule has 1 aliphatic carbocycles. The van der Waals surface area contributed by atoms with Crippen LogP contribution in [0.15, 0.2) is 24.5 Å². The normalized spacial score (nSPS) is 18.0. The van der Waals surface area contributed by atoms with Crippen molar-refractivity contribution in [2.75, 3.05) is 26.2 Å². The third-order valence-corrected chi connectivity index (χ3v) is 4.83. The number of nitrogens with one attached hydrogen (secondary N) is 1. The van der Waals surface area contributed by atoms with Crippen LogP contribution >= 0.6 is 0 Å². The second-order valence-electron chi connectivity index (χ2n) is 6.50. The quantitative estimate of drug-likeness (QED) is 0.794. The number of hydrogen-bond acceptors (Lipinski definition) is 3. The SMILES string of the molecule is CCNCC1(CN(CC)Cc2ccncc2)CCCCC1. The zero-order chi connectivity index (χ0) is 15.0. The molecule has 2 rings (SSSR count). The highest BCUT2D eigenvalue weighted by Crippen LogP contribution is 2.36. The highest BCUT2D eigenvalue weighted by molar-refractivity contribution is 5.09. The fourth-order valence-electron chi connectivity index (χ4n) is 3.58. The zero-order valence-electron chi connectivity index (χ0n) is 13.8. The summed E-state index contributed by atoms with van der Waals surface area (Å²) >= 11 is 0. The van der Waals surface area contributed by atoms with Gasteiger partial charge >= 0.3 is 0 Å². The lowest BCUT2D eigenvalue weighted by molar-refractivity contribution is 0.102. The maximum atomic E-state index is 4.12. The third-order valence-electron chi connectivity index (χ3n) is 4.83. The Labute approximate surface area is 130 Å². The molecule has 0 aliphatic heterocycles. The van der Waals surface area contributed by atoms with Gasteiger partial charge in [0.2, 0.25) is 0 Å². The van der Waals surface area contributed by atoms with Crippen LogP contribution in [-0.2, 0) is 6.54 Å². The van der Waals surface area contributed by atoms with Gasteiger partial charge in [0, 0.05) is 32.0 Å². The Hall–Kier alpha value is -0.930. The van der Waals surface area contributed by atoms with Gasteiger partial charge in [-0.3, -0.25) is 9.88 Å². The molecule has 0 saturated heterocycles. The lowest BCUT2D eigenvalue weighted by Gasteiger charge is -2.41. The Morgan fingerprint density at radius 1 is 1.14 bits per heavy atom. The molecule has 0 atom stereocenters. The first-order chi connectivity index (χ1) is 10.3. The summed E-state index contributed by atoms with van der Waals surface area (Å²) in [5.41, 5.74) is 1.86. The average molecular weight is 289 g/mol. The molecule has 1 N–H and O–H groups in total. The summed E-state index contributed by atoms with van der Waals surface area (Å²) in [7, 11) is 0. The Morgan fingerprint density at radius 2 is 1.86 bits per heavy atom. The fourth-order valence-corrected chi connectivity index (χ4v) is 3.58. The van der Waals surface area contributed by atoms with Gasteiger partial charge in [0.25, 0.3) is 0 Å². The molecule has 0 aromatic carbocycles. The molecule has 1 aliphatic rings. The van der Waals surface area contributed by atoms with Crippen LogP contribution in [0.2, 0.25) is 0 Å². The second kappa shape index (κ2) is 8.50. The lowest BCUT2D eigenvalue weighted by atomic mass is 9.73. The van der Waals surface area contributed by atoms with Gasteiger partial charge in [-0.2, -0.15) is 0 Å². The van der Waals surface area contributed by atoms with Gasteiger partial charge in [0.05, 0.1) is 0 Å². The van der Waals surface area contributed by atoms with E-state index in [0.29, 0.717) is 5.41 Å². The molecule has 1 aromatic rings. The molecule has 21 heavy (non-hydrogen) atoms. The topological polar surface area (TPSA) is 28.2 Å². The predicted octanol–water partition coefficient (Wildman–Crippen LogP) is 3.46. The summed E-state index contributed by atoms with van der Waals surface area (Å²) in [5.74, 6) is 0. The van der Waals surface area contributed by atoms with E-state index in [0.717, 1.165) is 19.6 Å². The van der Waals surface area contributed by atoms with Crippen LogP contribution in [0.4, 0.5) is 0 Å². The Morgan fingerprint density at radius 3 is 2.48 bits per heavy atom. The first kappa shape index (κ1) is 16.4. The molecular formula is C18H31N3. The van der Waals surface area contributed by atoms with Crippen molar-refractivity contribution in [2.24, 2.45) is 5.41 Å². The molecule has 0 amide bonds. The molecule has 1 saturated carbocycles. The molecule has 0 radical (unpaired) electrons. The van der Waals surface area contributed by atoms with Crippen LogP contribution in [-0.4, -0.2) is 36.1 Å². The van der Waals surface area contributed by atoms with E-state index in [4.69, 9.17) is 0 Å². The summed E-state index contributed by atoms with van der Waals surface area (Å²) in [4.78, 5) is 6.73. The minimum atomic E-state index is 0.483. The van der Waals surface area contributed by atoms with Gasteiger partial charge in [-0.1, -0.05) is 33.1 Å². The number of rotatable bonds is 8. The van der Waals surface area contributed by atoms with Gasteiger partial charge in [-0.25, -0.2) is 0 Å². The van der Waals surface area contributed by atoms with E-state index in [-0.39, 0.29) is 0 Å². The molecular weight excluding hydrogens is 258 g/mol. The van der Waals surface area contributed by atoms with Gasteiger partial charge < -0.3 is 5.32 Å². The summed E-state index contributed by atoms with van der Waals surface area (Å²) in [6, 6.07) is 4.28. The number of nitrogens with zero attached hydrogens (tertiary/aromatic N) is 2. The zero-order valence-corrected chi connectivity index (χ0v) is 13.8. The number of hydrogen-bond donors (Lipinski definition) is 1. The predicted molar refractivity (Wildman–Crippen MR) is 89.2 cm³/mol. The summed E-state index contributed by atoms with van der Waals surface area (Å²) in [6.07, 6.45) is 10.8. The van der Waals surface area contributed by atoms with E-state index < -0.39 is 0 Å². The average Bonchev–Trinajstić information content (AvgIpc) is 2.54. The number of aromatic nitrogens is 1.